The molecule has 0 aromatic heterocycles. The molecule has 0 aliphatic carbocycles. The Bertz CT molecular complexity index is 646. The maximum absolute atomic E-state index is 12.6. The first-order valence-electron chi connectivity index (χ1n) is 7.04. The van der Waals surface area contributed by atoms with E-state index in [0.717, 1.165) is 12.1 Å². The lowest BCUT2D eigenvalue weighted by molar-refractivity contribution is -0.137. The Morgan fingerprint density at radius 2 is 1.87 bits per heavy atom. The van der Waals surface area contributed by atoms with E-state index in [-0.39, 0.29) is 11.5 Å². The van der Waals surface area contributed by atoms with Gasteiger partial charge in [-0.05, 0) is 29.7 Å². The van der Waals surface area contributed by atoms with Gasteiger partial charge in [-0.15, -0.1) is 0 Å². The molecule has 124 valence electrons. The first-order valence-corrected chi connectivity index (χ1v) is 7.04. The number of carboxylic acid groups (broad SMARTS) is 1. The number of aliphatic carboxylic acids is 1. The normalized spacial score (nSPS) is 15.1. The predicted octanol–water partition coefficient (Wildman–Crippen LogP) is 3.49. The van der Waals surface area contributed by atoms with E-state index in [0.29, 0.717) is 17.8 Å². The number of carbonyl (C=O) groups is 1. The molecule has 0 unspecified atom stereocenters. The number of halogens is 3. The second-order valence-electron chi connectivity index (χ2n) is 5.68. The predicted molar refractivity (Wildman–Crippen MR) is 79.8 cm³/mol. The highest BCUT2D eigenvalue weighted by Gasteiger charge is 2.30. The standard InChI is InChI=1S/C16H17F3N2O2/c1-10(2)8-21-9-12(15(22)23)7-14(20-21)11-3-5-13(6-4-11)16(17,18)19/h3-7,9-10,20H,8H2,1-2H3,(H,22,23). The number of alkyl halides is 3. The summed E-state index contributed by atoms with van der Waals surface area (Å²) in [5.41, 5.74) is 3.27. The average Bonchev–Trinajstić information content (AvgIpc) is 2.45. The summed E-state index contributed by atoms with van der Waals surface area (Å²) in [5.74, 6) is -0.814. The number of nitrogens with zero attached hydrogens (tertiary/aromatic N) is 1. The van der Waals surface area contributed by atoms with Crippen LogP contribution in [0.1, 0.15) is 25.0 Å². The van der Waals surface area contributed by atoms with Crippen molar-refractivity contribution in [3.05, 3.63) is 53.2 Å². The molecule has 0 atom stereocenters. The summed E-state index contributed by atoms with van der Waals surface area (Å²) < 4.78 is 37.8. The molecule has 0 amide bonds. The van der Waals surface area contributed by atoms with E-state index in [2.05, 4.69) is 5.43 Å². The maximum atomic E-state index is 12.6. The topological polar surface area (TPSA) is 52.6 Å². The fraction of sp³-hybridized carbons (Fsp3) is 0.312. The van der Waals surface area contributed by atoms with Gasteiger partial charge in [0, 0.05) is 12.7 Å². The van der Waals surface area contributed by atoms with Crippen molar-refractivity contribution in [2.45, 2.75) is 20.0 Å². The molecular weight excluding hydrogens is 309 g/mol. The van der Waals surface area contributed by atoms with Crippen LogP contribution < -0.4 is 5.43 Å². The molecule has 0 saturated heterocycles. The molecule has 0 radical (unpaired) electrons. The molecule has 1 aromatic carbocycles. The highest BCUT2D eigenvalue weighted by Crippen LogP contribution is 2.30. The van der Waals surface area contributed by atoms with Crippen LogP contribution >= 0.6 is 0 Å². The van der Waals surface area contributed by atoms with Gasteiger partial charge in [0.25, 0.3) is 0 Å². The molecule has 4 nitrogen and oxygen atoms in total. The Hall–Kier alpha value is -2.44. The van der Waals surface area contributed by atoms with Gasteiger partial charge in [0.1, 0.15) is 0 Å². The number of hydrogen-bond donors (Lipinski definition) is 2. The first kappa shape index (κ1) is 16.9. The Labute approximate surface area is 131 Å². The van der Waals surface area contributed by atoms with Crippen LogP contribution in [0.2, 0.25) is 0 Å². The summed E-state index contributed by atoms with van der Waals surface area (Å²) >= 11 is 0. The van der Waals surface area contributed by atoms with Gasteiger partial charge in [-0.2, -0.15) is 13.2 Å². The van der Waals surface area contributed by atoms with Crippen molar-refractivity contribution in [1.82, 2.24) is 10.4 Å². The molecule has 0 fully saturated rings. The molecular formula is C16H17F3N2O2. The third kappa shape index (κ3) is 4.28. The smallest absolute Gasteiger partial charge is 0.416 e. The minimum atomic E-state index is -4.40. The van der Waals surface area contributed by atoms with E-state index in [9.17, 15) is 23.1 Å². The van der Waals surface area contributed by atoms with Crippen LogP contribution in [0.3, 0.4) is 0 Å². The van der Waals surface area contributed by atoms with Gasteiger partial charge in [-0.3, -0.25) is 10.4 Å². The van der Waals surface area contributed by atoms with Gasteiger partial charge in [-0.25, -0.2) is 4.79 Å². The minimum absolute atomic E-state index is 0.0688. The van der Waals surface area contributed by atoms with Crippen molar-refractivity contribution in [3.8, 4) is 0 Å². The molecule has 0 spiro atoms. The molecule has 7 heteroatoms. The van der Waals surface area contributed by atoms with E-state index in [1.54, 1.807) is 5.01 Å². The second kappa shape index (κ2) is 6.36. The van der Waals surface area contributed by atoms with Crippen LogP contribution in [-0.4, -0.2) is 22.6 Å². The molecule has 2 N–H and O–H groups in total. The van der Waals surface area contributed by atoms with Crippen LogP contribution in [0.25, 0.3) is 5.70 Å². The monoisotopic (exact) mass is 326 g/mol. The number of carboxylic acids is 1. The Morgan fingerprint density at radius 1 is 1.26 bits per heavy atom. The Morgan fingerprint density at radius 3 is 2.35 bits per heavy atom. The number of nitrogens with one attached hydrogen (secondary N) is 1. The molecule has 0 bridgehead atoms. The summed E-state index contributed by atoms with van der Waals surface area (Å²) in [7, 11) is 0. The number of hydrazine groups is 1. The van der Waals surface area contributed by atoms with Crippen LogP contribution in [0, 0.1) is 5.92 Å². The van der Waals surface area contributed by atoms with Gasteiger partial charge >= 0.3 is 12.1 Å². The second-order valence-corrected chi connectivity index (χ2v) is 5.68. The minimum Gasteiger partial charge on any atom is -0.478 e. The van der Waals surface area contributed by atoms with Crippen molar-refractivity contribution in [3.63, 3.8) is 0 Å². The van der Waals surface area contributed by atoms with Gasteiger partial charge in [0.05, 0.1) is 16.8 Å². The number of rotatable bonds is 4. The fourth-order valence-electron chi connectivity index (χ4n) is 2.18. The van der Waals surface area contributed by atoms with Crippen molar-refractivity contribution in [2.24, 2.45) is 5.92 Å². The molecule has 1 aliphatic heterocycles. The SMILES string of the molecule is CC(C)CN1C=C(C(=O)O)C=C(c2ccc(C(F)(F)F)cc2)N1. The van der Waals surface area contributed by atoms with Crippen LogP contribution in [0.4, 0.5) is 13.2 Å². The van der Waals surface area contributed by atoms with Crippen LogP contribution in [0.15, 0.2) is 42.1 Å². The lowest BCUT2D eigenvalue weighted by Gasteiger charge is -2.29. The van der Waals surface area contributed by atoms with Gasteiger partial charge in [0.15, 0.2) is 0 Å². The molecule has 23 heavy (non-hydrogen) atoms. The first-order chi connectivity index (χ1) is 10.7. The zero-order valence-corrected chi connectivity index (χ0v) is 12.7. The van der Waals surface area contributed by atoms with E-state index in [1.807, 2.05) is 13.8 Å². The van der Waals surface area contributed by atoms with Gasteiger partial charge < -0.3 is 5.11 Å². The van der Waals surface area contributed by atoms with Crippen molar-refractivity contribution < 1.29 is 23.1 Å². The average molecular weight is 326 g/mol. The maximum Gasteiger partial charge on any atom is 0.416 e. The summed E-state index contributed by atoms with van der Waals surface area (Å²) in [6.45, 7) is 4.52. The summed E-state index contributed by atoms with van der Waals surface area (Å²) in [4.78, 5) is 11.2. The number of hydrogen-bond acceptors (Lipinski definition) is 3. The third-order valence-electron chi connectivity index (χ3n) is 3.19. The van der Waals surface area contributed by atoms with Crippen molar-refractivity contribution in [1.29, 1.82) is 0 Å². The molecule has 2 rings (SSSR count). The van der Waals surface area contributed by atoms with Crippen molar-refractivity contribution >= 4 is 11.7 Å². The summed E-state index contributed by atoms with van der Waals surface area (Å²) in [6.07, 6.45) is -1.53. The summed E-state index contributed by atoms with van der Waals surface area (Å²) in [5, 5.41) is 10.8. The molecule has 1 aliphatic rings. The van der Waals surface area contributed by atoms with Crippen LogP contribution in [0.5, 0.6) is 0 Å². The Kier molecular flexibility index (Phi) is 4.68. The lowest BCUT2D eigenvalue weighted by atomic mass is 10.1. The number of benzene rings is 1. The third-order valence-corrected chi connectivity index (χ3v) is 3.19. The fourth-order valence-corrected chi connectivity index (χ4v) is 2.18. The zero-order valence-electron chi connectivity index (χ0n) is 12.7. The van der Waals surface area contributed by atoms with E-state index in [4.69, 9.17) is 0 Å². The van der Waals surface area contributed by atoms with E-state index < -0.39 is 17.7 Å². The zero-order chi connectivity index (χ0) is 17.2. The summed E-state index contributed by atoms with van der Waals surface area (Å²) in [6, 6.07) is 4.59. The van der Waals surface area contributed by atoms with E-state index in [1.165, 1.54) is 24.4 Å². The quantitative estimate of drug-likeness (QED) is 0.889. The van der Waals surface area contributed by atoms with Crippen LogP contribution in [-0.2, 0) is 11.0 Å². The Balaban J connectivity index is 2.30. The largest absolute Gasteiger partial charge is 0.478 e. The lowest BCUT2D eigenvalue weighted by Crippen LogP contribution is -2.38. The highest BCUT2D eigenvalue weighted by molar-refractivity contribution is 5.93. The van der Waals surface area contributed by atoms with E-state index >= 15 is 0 Å². The molecule has 1 aromatic rings. The molecule has 1 heterocycles. The van der Waals surface area contributed by atoms with Gasteiger partial charge in [0.2, 0.25) is 0 Å². The highest BCUT2D eigenvalue weighted by atomic mass is 19.4. The van der Waals surface area contributed by atoms with Gasteiger partial charge in [-0.1, -0.05) is 26.0 Å². The van der Waals surface area contributed by atoms with Crippen molar-refractivity contribution in [2.75, 3.05) is 6.54 Å². The molecule has 0 saturated carbocycles.